The van der Waals surface area contributed by atoms with Crippen LogP contribution in [0.4, 0.5) is 14.9 Å². The van der Waals surface area contributed by atoms with E-state index in [4.69, 9.17) is 4.74 Å². The Morgan fingerprint density at radius 1 is 1.28 bits per heavy atom. The van der Waals surface area contributed by atoms with Crippen LogP contribution >= 0.6 is 0 Å². The number of ether oxygens (including phenoxy) is 1. The van der Waals surface area contributed by atoms with Crippen molar-refractivity contribution in [3.63, 3.8) is 0 Å². The lowest BCUT2D eigenvalue weighted by molar-refractivity contribution is -0.122. The number of tetrazole rings is 1. The summed E-state index contributed by atoms with van der Waals surface area (Å²) in [7, 11) is 0. The van der Waals surface area contributed by atoms with E-state index in [1.165, 1.54) is 27.8 Å². The molecule has 2 amide bonds. The number of rotatable bonds is 3. The molecule has 29 heavy (non-hydrogen) atoms. The second kappa shape index (κ2) is 8.14. The van der Waals surface area contributed by atoms with E-state index in [9.17, 15) is 14.0 Å². The number of aryl methyl sites for hydroxylation is 1. The number of anilines is 1. The Balaban J connectivity index is 1.79. The first-order chi connectivity index (χ1) is 13.7. The van der Waals surface area contributed by atoms with Crippen molar-refractivity contribution in [2.45, 2.75) is 58.6 Å². The number of piperidine rings is 1. The Bertz CT molecular complexity index is 908. The van der Waals surface area contributed by atoms with Gasteiger partial charge in [0.25, 0.3) is 0 Å². The topological polar surface area (TPSA) is 102 Å². The summed E-state index contributed by atoms with van der Waals surface area (Å²) >= 11 is 0. The highest BCUT2D eigenvalue weighted by Gasteiger charge is 2.35. The van der Waals surface area contributed by atoms with Crippen LogP contribution in [0.2, 0.25) is 0 Å². The first kappa shape index (κ1) is 20.7. The van der Waals surface area contributed by atoms with Gasteiger partial charge in [0, 0.05) is 6.54 Å². The van der Waals surface area contributed by atoms with Gasteiger partial charge in [-0.1, -0.05) is 0 Å². The highest BCUT2D eigenvalue weighted by molar-refractivity contribution is 5.97. The predicted octanol–water partition coefficient (Wildman–Crippen LogP) is 2.84. The molecule has 3 rings (SSSR count). The van der Waals surface area contributed by atoms with Crippen molar-refractivity contribution in [3.8, 4) is 5.69 Å². The number of carbonyl (C=O) groups excluding carboxylic acids is 2. The number of carbonyl (C=O) groups is 2. The maximum atomic E-state index is 14.3. The van der Waals surface area contributed by atoms with Crippen molar-refractivity contribution < 1.29 is 18.7 Å². The normalized spacial score (nSPS) is 17.1. The summed E-state index contributed by atoms with van der Waals surface area (Å²) in [6.45, 7) is 7.44. The van der Waals surface area contributed by atoms with Gasteiger partial charge >= 0.3 is 6.09 Å². The van der Waals surface area contributed by atoms with Crippen LogP contribution < -0.4 is 5.32 Å². The molecule has 1 aromatic heterocycles. The summed E-state index contributed by atoms with van der Waals surface area (Å²) in [6, 6.07) is 3.48. The van der Waals surface area contributed by atoms with Gasteiger partial charge in [-0.05, 0) is 75.6 Å². The van der Waals surface area contributed by atoms with Crippen molar-refractivity contribution in [2.75, 3.05) is 11.9 Å². The summed E-state index contributed by atoms with van der Waals surface area (Å²) < 4.78 is 21.2. The molecule has 0 saturated carbocycles. The number of hydrogen-bond donors (Lipinski definition) is 1. The second-order valence-corrected chi connectivity index (χ2v) is 7.98. The summed E-state index contributed by atoms with van der Waals surface area (Å²) in [5.74, 6) is -0.523. The molecule has 156 valence electrons. The molecule has 1 aliphatic rings. The monoisotopic (exact) mass is 404 g/mol. The second-order valence-electron chi connectivity index (χ2n) is 7.98. The van der Waals surface area contributed by atoms with E-state index >= 15 is 0 Å². The van der Waals surface area contributed by atoms with Crippen LogP contribution in [0.25, 0.3) is 5.69 Å². The number of amides is 2. The first-order valence-electron chi connectivity index (χ1n) is 9.51. The summed E-state index contributed by atoms with van der Waals surface area (Å²) in [5.41, 5.74) is -0.159. The zero-order valence-electron chi connectivity index (χ0n) is 17.0. The predicted molar refractivity (Wildman–Crippen MR) is 103 cm³/mol. The fraction of sp³-hybridized carbons (Fsp3) is 0.526. The van der Waals surface area contributed by atoms with Gasteiger partial charge in [0.1, 0.15) is 17.5 Å². The van der Waals surface area contributed by atoms with Gasteiger partial charge in [-0.25, -0.2) is 9.18 Å². The third-order valence-electron chi connectivity index (χ3n) is 4.51. The Kier molecular flexibility index (Phi) is 5.81. The minimum atomic E-state index is -0.726. The van der Waals surface area contributed by atoms with E-state index in [-0.39, 0.29) is 5.69 Å². The molecule has 0 aliphatic carbocycles. The average Bonchev–Trinajstić information content (AvgIpc) is 3.08. The fourth-order valence-corrected chi connectivity index (χ4v) is 3.17. The SMILES string of the molecule is Cc1nnnn1-c1ccc(F)c(NC(=O)C2CCCCN2C(=O)OC(C)(C)C)c1. The first-order valence-corrected chi connectivity index (χ1v) is 9.51. The lowest BCUT2D eigenvalue weighted by Crippen LogP contribution is -2.51. The summed E-state index contributed by atoms with van der Waals surface area (Å²) in [6.07, 6.45) is 1.52. The molecule has 2 aromatic rings. The molecular weight excluding hydrogens is 379 g/mol. The molecule has 10 heteroatoms. The van der Waals surface area contributed by atoms with Gasteiger partial charge in [-0.2, -0.15) is 4.68 Å². The summed E-state index contributed by atoms with van der Waals surface area (Å²) in [4.78, 5) is 26.8. The minimum absolute atomic E-state index is 0.00267. The molecule has 1 saturated heterocycles. The van der Waals surface area contributed by atoms with E-state index in [2.05, 4.69) is 20.8 Å². The molecule has 2 heterocycles. The lowest BCUT2D eigenvalue weighted by atomic mass is 10.0. The fourth-order valence-electron chi connectivity index (χ4n) is 3.17. The van der Waals surface area contributed by atoms with Gasteiger partial charge in [0.2, 0.25) is 5.91 Å². The smallest absolute Gasteiger partial charge is 0.410 e. The maximum absolute atomic E-state index is 14.3. The Labute approximate surface area is 168 Å². The molecule has 1 aliphatic heterocycles. The van der Waals surface area contributed by atoms with E-state index in [1.54, 1.807) is 27.7 Å². The molecule has 0 radical (unpaired) electrons. The van der Waals surface area contributed by atoms with Crippen molar-refractivity contribution in [1.82, 2.24) is 25.1 Å². The third-order valence-corrected chi connectivity index (χ3v) is 4.51. The van der Waals surface area contributed by atoms with Crippen molar-refractivity contribution in [3.05, 3.63) is 29.8 Å². The van der Waals surface area contributed by atoms with Gasteiger partial charge in [0.15, 0.2) is 5.82 Å². The Hall–Kier alpha value is -3.04. The lowest BCUT2D eigenvalue weighted by Gasteiger charge is -2.35. The van der Waals surface area contributed by atoms with Crippen LogP contribution in [-0.4, -0.2) is 55.3 Å². The molecule has 1 N–H and O–H groups in total. The largest absolute Gasteiger partial charge is 0.444 e. The van der Waals surface area contributed by atoms with Gasteiger partial charge in [-0.15, -0.1) is 5.10 Å². The van der Waals surface area contributed by atoms with Gasteiger partial charge < -0.3 is 10.1 Å². The van der Waals surface area contributed by atoms with Crippen LogP contribution in [-0.2, 0) is 9.53 Å². The average molecular weight is 404 g/mol. The van der Waals surface area contributed by atoms with E-state index < -0.39 is 29.5 Å². The van der Waals surface area contributed by atoms with Crippen molar-refractivity contribution in [2.24, 2.45) is 0 Å². The molecule has 0 bridgehead atoms. The number of aromatic nitrogens is 4. The number of likely N-dealkylation sites (tertiary alicyclic amines) is 1. The van der Waals surface area contributed by atoms with Crippen molar-refractivity contribution >= 4 is 17.7 Å². The van der Waals surface area contributed by atoms with Crippen LogP contribution in [0.1, 0.15) is 45.9 Å². The summed E-state index contributed by atoms with van der Waals surface area (Å²) in [5, 5.41) is 13.8. The van der Waals surface area contributed by atoms with Crippen molar-refractivity contribution in [1.29, 1.82) is 0 Å². The molecule has 1 unspecified atom stereocenters. The van der Waals surface area contributed by atoms with E-state index in [0.29, 0.717) is 24.5 Å². The minimum Gasteiger partial charge on any atom is -0.444 e. The quantitative estimate of drug-likeness (QED) is 0.844. The zero-order valence-corrected chi connectivity index (χ0v) is 17.0. The molecule has 9 nitrogen and oxygen atoms in total. The van der Waals surface area contributed by atoms with Crippen LogP contribution in [0.5, 0.6) is 0 Å². The van der Waals surface area contributed by atoms with Crippen LogP contribution in [0, 0.1) is 12.7 Å². The molecule has 1 fully saturated rings. The molecule has 1 atom stereocenters. The maximum Gasteiger partial charge on any atom is 0.410 e. The Morgan fingerprint density at radius 2 is 2.03 bits per heavy atom. The van der Waals surface area contributed by atoms with Crippen LogP contribution in [0.3, 0.4) is 0 Å². The third kappa shape index (κ3) is 4.87. The zero-order chi connectivity index (χ0) is 21.2. The van der Waals surface area contributed by atoms with Gasteiger partial charge in [-0.3, -0.25) is 9.69 Å². The number of nitrogens with zero attached hydrogens (tertiary/aromatic N) is 5. The Morgan fingerprint density at radius 3 is 2.69 bits per heavy atom. The van der Waals surface area contributed by atoms with E-state index in [0.717, 1.165) is 12.8 Å². The number of benzene rings is 1. The van der Waals surface area contributed by atoms with E-state index in [1.807, 2.05) is 0 Å². The molecule has 0 spiro atoms. The highest BCUT2D eigenvalue weighted by atomic mass is 19.1. The number of halogens is 1. The van der Waals surface area contributed by atoms with Crippen LogP contribution in [0.15, 0.2) is 18.2 Å². The number of nitrogens with one attached hydrogen (secondary N) is 1. The molecular formula is C19H25FN6O3. The highest BCUT2D eigenvalue weighted by Crippen LogP contribution is 2.24. The molecule has 1 aromatic carbocycles. The number of hydrogen-bond acceptors (Lipinski definition) is 6. The van der Waals surface area contributed by atoms with Gasteiger partial charge in [0.05, 0.1) is 11.4 Å². The standard InChI is InChI=1S/C19H25FN6O3/c1-12-22-23-24-26(12)13-8-9-14(20)15(11-13)21-17(27)16-7-5-6-10-25(16)18(28)29-19(2,3)4/h8-9,11,16H,5-7,10H2,1-4H3,(H,21,27).